The molecule has 0 spiro atoms. The highest BCUT2D eigenvalue weighted by Gasteiger charge is 2.21. The molecular formula is C38H41N7O5. The molecule has 0 aliphatic carbocycles. The summed E-state index contributed by atoms with van der Waals surface area (Å²) in [7, 11) is 6.58. The molecule has 0 radical (unpaired) electrons. The standard InChI is InChI=1S/C38H41N7O5/c1-24-11-12-39-18-32(24)34-13-28-14-37(42-29-17-41-45(22-29)25(2)23-46)40-19-33(28)38(43-34)44(20-26-7-9-30(47-3)15-35(26)49-5)21-27-8-10-31(48-4)16-36(27)50-6/h7-19,22,25,46H,20-21,23H2,1-6H3,(H,40,42). The highest BCUT2D eigenvalue weighted by molar-refractivity contribution is 5.96. The van der Waals surface area contributed by atoms with Crippen molar-refractivity contribution in [3.63, 3.8) is 0 Å². The van der Waals surface area contributed by atoms with Crippen molar-refractivity contribution < 1.29 is 24.1 Å². The number of fused-ring (bicyclic) bond motifs is 1. The largest absolute Gasteiger partial charge is 0.497 e. The minimum Gasteiger partial charge on any atom is -0.497 e. The summed E-state index contributed by atoms with van der Waals surface area (Å²) in [5.74, 6) is 4.15. The number of aliphatic hydroxyl groups is 1. The van der Waals surface area contributed by atoms with Crippen LogP contribution in [0, 0.1) is 6.92 Å². The Morgan fingerprint density at radius 1 is 0.840 bits per heavy atom. The Morgan fingerprint density at radius 3 is 2.12 bits per heavy atom. The normalized spacial score (nSPS) is 11.7. The number of methoxy groups -OCH3 is 4. The number of pyridine rings is 3. The molecule has 0 aliphatic heterocycles. The van der Waals surface area contributed by atoms with E-state index in [0.29, 0.717) is 41.9 Å². The zero-order chi connectivity index (χ0) is 35.2. The number of rotatable bonds is 14. The van der Waals surface area contributed by atoms with E-state index in [2.05, 4.69) is 33.3 Å². The topological polar surface area (TPSA) is 129 Å². The molecule has 2 N–H and O–H groups in total. The molecule has 0 fully saturated rings. The third kappa shape index (κ3) is 7.25. The van der Waals surface area contributed by atoms with E-state index < -0.39 is 0 Å². The molecule has 0 amide bonds. The van der Waals surface area contributed by atoms with Crippen LogP contribution in [0.2, 0.25) is 0 Å². The van der Waals surface area contributed by atoms with Gasteiger partial charge in [0.2, 0.25) is 0 Å². The Morgan fingerprint density at radius 2 is 1.52 bits per heavy atom. The maximum absolute atomic E-state index is 9.57. The molecule has 0 saturated carbocycles. The Bertz CT molecular complexity index is 2040. The quantitative estimate of drug-likeness (QED) is 0.127. The van der Waals surface area contributed by atoms with E-state index >= 15 is 0 Å². The molecule has 4 aromatic heterocycles. The summed E-state index contributed by atoms with van der Waals surface area (Å²) in [6.07, 6.45) is 9.02. The molecule has 2 aromatic carbocycles. The number of hydrogen-bond donors (Lipinski definition) is 2. The number of ether oxygens (including phenoxy) is 4. The first-order chi connectivity index (χ1) is 24.3. The van der Waals surface area contributed by atoms with Crippen LogP contribution < -0.4 is 29.2 Å². The van der Waals surface area contributed by atoms with Gasteiger partial charge in [0.05, 0.1) is 58.7 Å². The van der Waals surface area contributed by atoms with Crippen molar-refractivity contribution in [1.82, 2.24) is 24.7 Å². The number of nitrogens with one attached hydrogen (secondary N) is 1. The predicted octanol–water partition coefficient (Wildman–Crippen LogP) is 6.73. The van der Waals surface area contributed by atoms with Crippen LogP contribution in [0.5, 0.6) is 23.0 Å². The maximum atomic E-state index is 9.57. The lowest BCUT2D eigenvalue weighted by Crippen LogP contribution is -2.24. The fourth-order valence-corrected chi connectivity index (χ4v) is 5.77. The lowest BCUT2D eigenvalue weighted by Gasteiger charge is -2.28. The van der Waals surface area contributed by atoms with E-state index in [1.807, 2.05) is 74.0 Å². The van der Waals surface area contributed by atoms with E-state index in [-0.39, 0.29) is 12.6 Å². The van der Waals surface area contributed by atoms with Crippen molar-refractivity contribution in [2.24, 2.45) is 0 Å². The third-order valence-electron chi connectivity index (χ3n) is 8.61. The number of aromatic nitrogens is 5. The second-order valence-corrected chi connectivity index (χ2v) is 11.9. The van der Waals surface area contributed by atoms with Crippen molar-refractivity contribution in [2.75, 3.05) is 45.3 Å². The first kappa shape index (κ1) is 34.0. The lowest BCUT2D eigenvalue weighted by atomic mass is 10.0. The predicted molar refractivity (Wildman–Crippen MR) is 194 cm³/mol. The van der Waals surface area contributed by atoms with Crippen LogP contribution in [0.1, 0.15) is 29.7 Å². The van der Waals surface area contributed by atoms with E-state index in [0.717, 1.165) is 50.2 Å². The smallest absolute Gasteiger partial charge is 0.139 e. The molecular weight excluding hydrogens is 634 g/mol. The van der Waals surface area contributed by atoms with Crippen molar-refractivity contribution >= 4 is 28.1 Å². The van der Waals surface area contributed by atoms with Gasteiger partial charge in [-0.15, -0.1) is 0 Å². The summed E-state index contributed by atoms with van der Waals surface area (Å²) in [6.45, 7) is 4.83. The summed E-state index contributed by atoms with van der Waals surface area (Å²) < 4.78 is 24.3. The fourth-order valence-electron chi connectivity index (χ4n) is 5.77. The minimum absolute atomic E-state index is 0.0110. The van der Waals surface area contributed by atoms with Crippen LogP contribution >= 0.6 is 0 Å². The monoisotopic (exact) mass is 675 g/mol. The Kier molecular flexibility index (Phi) is 10.3. The van der Waals surface area contributed by atoms with Crippen molar-refractivity contribution in [1.29, 1.82) is 0 Å². The Hall–Kier alpha value is -5.88. The zero-order valence-electron chi connectivity index (χ0n) is 29.0. The van der Waals surface area contributed by atoms with Crippen molar-refractivity contribution in [3.8, 4) is 34.3 Å². The van der Waals surface area contributed by atoms with Gasteiger partial charge >= 0.3 is 0 Å². The Balaban J connectivity index is 1.51. The number of anilines is 3. The minimum atomic E-state index is -0.145. The van der Waals surface area contributed by atoms with Crippen molar-refractivity contribution in [3.05, 3.63) is 102 Å². The van der Waals surface area contributed by atoms with Gasteiger partial charge < -0.3 is 34.3 Å². The summed E-state index contributed by atoms with van der Waals surface area (Å²) in [5.41, 5.74) is 5.39. The molecule has 6 rings (SSSR count). The van der Waals surface area contributed by atoms with E-state index in [9.17, 15) is 5.11 Å². The summed E-state index contributed by atoms with van der Waals surface area (Å²) in [6, 6.07) is 17.5. The lowest BCUT2D eigenvalue weighted by molar-refractivity contribution is 0.230. The summed E-state index contributed by atoms with van der Waals surface area (Å²) in [4.78, 5) is 16.7. The second-order valence-electron chi connectivity index (χ2n) is 11.9. The third-order valence-corrected chi connectivity index (χ3v) is 8.61. The molecule has 6 aromatic rings. The Labute approximate surface area is 291 Å². The number of benzene rings is 2. The molecule has 1 atom stereocenters. The van der Waals surface area contributed by atoms with Gasteiger partial charge in [0, 0.05) is 72.1 Å². The first-order valence-electron chi connectivity index (χ1n) is 16.1. The highest BCUT2D eigenvalue weighted by Crippen LogP contribution is 2.37. The van der Waals surface area contributed by atoms with Gasteiger partial charge in [-0.05, 0) is 67.3 Å². The highest BCUT2D eigenvalue weighted by atomic mass is 16.5. The first-order valence-corrected chi connectivity index (χ1v) is 16.1. The molecule has 1 unspecified atom stereocenters. The van der Waals surface area contributed by atoms with Gasteiger partial charge in [-0.25, -0.2) is 9.97 Å². The van der Waals surface area contributed by atoms with Crippen LogP contribution in [0.25, 0.3) is 22.0 Å². The van der Waals surface area contributed by atoms with Crippen molar-refractivity contribution in [2.45, 2.75) is 33.0 Å². The molecule has 50 heavy (non-hydrogen) atoms. The molecule has 4 heterocycles. The van der Waals surface area contributed by atoms with Gasteiger partial charge in [0.15, 0.2) is 0 Å². The van der Waals surface area contributed by atoms with Crippen LogP contribution in [0.15, 0.2) is 85.6 Å². The van der Waals surface area contributed by atoms with Crippen LogP contribution in [-0.4, -0.2) is 64.9 Å². The van der Waals surface area contributed by atoms with Crippen LogP contribution in [0.4, 0.5) is 17.3 Å². The van der Waals surface area contributed by atoms with Gasteiger partial charge in [0.25, 0.3) is 0 Å². The van der Waals surface area contributed by atoms with E-state index in [1.54, 1.807) is 45.5 Å². The van der Waals surface area contributed by atoms with Crippen LogP contribution in [0.3, 0.4) is 0 Å². The molecule has 12 heteroatoms. The average molecular weight is 676 g/mol. The van der Waals surface area contributed by atoms with Gasteiger partial charge in [-0.1, -0.05) is 0 Å². The van der Waals surface area contributed by atoms with Crippen LogP contribution in [-0.2, 0) is 13.1 Å². The molecule has 0 aliphatic rings. The number of nitrogens with zero attached hydrogens (tertiary/aromatic N) is 6. The zero-order valence-corrected chi connectivity index (χ0v) is 29.0. The van der Waals surface area contributed by atoms with E-state index in [1.165, 1.54) is 0 Å². The molecule has 0 saturated heterocycles. The summed E-state index contributed by atoms with van der Waals surface area (Å²) >= 11 is 0. The van der Waals surface area contributed by atoms with Gasteiger partial charge in [-0.3, -0.25) is 9.67 Å². The maximum Gasteiger partial charge on any atom is 0.139 e. The molecule has 0 bridgehead atoms. The number of hydrogen-bond acceptors (Lipinski definition) is 11. The molecule has 258 valence electrons. The molecule has 12 nitrogen and oxygen atoms in total. The second kappa shape index (κ2) is 15.1. The van der Waals surface area contributed by atoms with Gasteiger partial charge in [-0.2, -0.15) is 5.10 Å². The van der Waals surface area contributed by atoms with E-state index in [4.69, 9.17) is 28.9 Å². The average Bonchev–Trinajstić information content (AvgIpc) is 3.62. The number of aliphatic hydroxyl groups excluding tert-OH is 1. The SMILES string of the molecule is COc1ccc(CN(Cc2ccc(OC)cc2OC)c2nc(-c3cnccc3C)cc3cc(Nc4cnn(C(C)CO)c4)ncc23)c(OC)c1. The summed E-state index contributed by atoms with van der Waals surface area (Å²) in [5, 5.41) is 19.1. The fraction of sp³-hybridized carbons (Fsp3) is 0.263. The number of aryl methyl sites for hydroxylation is 1. The van der Waals surface area contributed by atoms with Gasteiger partial charge in [0.1, 0.15) is 34.6 Å².